The van der Waals surface area contributed by atoms with Crippen molar-refractivity contribution >= 4 is 75.0 Å². The molecule has 0 bridgehead atoms. The Bertz CT molecular complexity index is 1210. The van der Waals surface area contributed by atoms with Gasteiger partial charge in [-0.1, -0.05) is 16.9 Å². The predicted molar refractivity (Wildman–Crippen MR) is 131 cm³/mol. The molecule has 1 saturated heterocycles. The molecule has 2 aromatic heterocycles. The second-order valence-electron chi connectivity index (χ2n) is 7.01. The van der Waals surface area contributed by atoms with Gasteiger partial charge in [0.15, 0.2) is 21.0 Å². The van der Waals surface area contributed by atoms with E-state index in [0.717, 1.165) is 11.3 Å². The van der Waals surface area contributed by atoms with Crippen molar-refractivity contribution in [3.05, 3.63) is 28.2 Å². The van der Waals surface area contributed by atoms with E-state index in [1.807, 2.05) is 0 Å². The molecule has 0 aromatic carbocycles. The number of anilines is 1. The Morgan fingerprint density at radius 3 is 2.86 bits per heavy atom. The number of amides is 2. The Hall–Kier alpha value is -2.73. The number of aliphatic carboxylic acids is 1. The normalized spacial score (nSPS) is 19.9. The lowest BCUT2D eigenvalue weighted by molar-refractivity contribution is -0.150. The largest absolute Gasteiger partial charge is 0.477 e. The number of hydrogen-bond donors (Lipinski definition) is 3. The Labute approximate surface area is 215 Å². The molecule has 2 amide bonds. The van der Waals surface area contributed by atoms with Crippen LogP contribution in [0, 0.1) is 0 Å². The highest BCUT2D eigenvalue weighted by molar-refractivity contribution is 8.01. The number of rotatable bonds is 10. The number of carbonyl (C=O) groups is 3. The summed E-state index contributed by atoms with van der Waals surface area (Å²) in [6.07, 6.45) is 0. The third-order valence-corrected chi connectivity index (χ3v) is 8.76. The van der Waals surface area contributed by atoms with Gasteiger partial charge in [0.1, 0.15) is 36.5 Å². The van der Waals surface area contributed by atoms with Crippen LogP contribution >= 0.6 is 46.4 Å². The molecule has 17 heteroatoms. The molecule has 0 spiro atoms. The van der Waals surface area contributed by atoms with Crippen LogP contribution in [0.5, 0.6) is 0 Å². The maximum absolute atomic E-state index is 12.9. The fourth-order valence-corrected chi connectivity index (χ4v) is 6.98. The lowest BCUT2D eigenvalue weighted by Crippen LogP contribution is -2.71. The molecule has 0 aliphatic carbocycles. The van der Waals surface area contributed by atoms with Gasteiger partial charge in [0.2, 0.25) is 0 Å². The van der Waals surface area contributed by atoms with Gasteiger partial charge in [-0.2, -0.15) is 4.37 Å². The zero-order valence-corrected chi connectivity index (χ0v) is 21.6. The van der Waals surface area contributed by atoms with Gasteiger partial charge in [-0.05, 0) is 17.1 Å². The number of hydrogen-bond acceptors (Lipinski definition) is 14. The number of nitrogen functional groups attached to an aromatic ring is 1. The van der Waals surface area contributed by atoms with E-state index in [-0.39, 0.29) is 22.2 Å². The van der Waals surface area contributed by atoms with E-state index in [4.69, 9.17) is 15.3 Å². The molecule has 0 saturated carbocycles. The first-order chi connectivity index (χ1) is 16.8. The summed E-state index contributed by atoms with van der Waals surface area (Å²) in [7, 11) is 2.83. The topological polar surface area (TPSA) is 182 Å². The highest BCUT2D eigenvalue weighted by atomic mass is 32.2. The SMILES string of the molecule is COCc1nsc(SCC2=C(C(=O)O)N3C(=O)C(NC(=O)C(=NOC)c4csc(N)n4)[C@H]3SC2)n1. The molecule has 4 heterocycles. The van der Waals surface area contributed by atoms with Crippen molar-refractivity contribution in [1.82, 2.24) is 24.6 Å². The van der Waals surface area contributed by atoms with Crippen molar-refractivity contribution in [2.45, 2.75) is 22.4 Å². The smallest absolute Gasteiger partial charge is 0.352 e. The number of ether oxygens (including phenoxy) is 1. The van der Waals surface area contributed by atoms with Crippen LogP contribution in [0.3, 0.4) is 0 Å². The average molecular weight is 558 g/mol. The number of nitrogens with one attached hydrogen (secondary N) is 1. The summed E-state index contributed by atoms with van der Waals surface area (Å²) in [5.41, 5.74) is 6.23. The minimum Gasteiger partial charge on any atom is -0.477 e. The lowest BCUT2D eigenvalue weighted by Gasteiger charge is -2.49. The molecule has 2 aliphatic heterocycles. The van der Waals surface area contributed by atoms with Gasteiger partial charge in [0.25, 0.3) is 11.8 Å². The van der Waals surface area contributed by atoms with E-state index < -0.39 is 29.2 Å². The molecule has 4 rings (SSSR count). The zero-order chi connectivity index (χ0) is 25.1. The van der Waals surface area contributed by atoms with E-state index in [2.05, 4.69) is 24.8 Å². The van der Waals surface area contributed by atoms with Gasteiger partial charge < -0.3 is 25.7 Å². The number of oxime groups is 1. The first kappa shape index (κ1) is 25.4. The highest BCUT2D eigenvalue weighted by Crippen LogP contribution is 2.41. The number of methoxy groups -OCH3 is 1. The average Bonchev–Trinajstić information content (AvgIpc) is 3.47. The summed E-state index contributed by atoms with van der Waals surface area (Å²) in [5, 5.41) is 17.4. The second kappa shape index (κ2) is 10.9. The molecule has 2 aliphatic rings. The van der Waals surface area contributed by atoms with E-state index in [9.17, 15) is 19.5 Å². The lowest BCUT2D eigenvalue weighted by atomic mass is 10.0. The summed E-state index contributed by atoms with van der Waals surface area (Å²) in [4.78, 5) is 52.1. The van der Waals surface area contributed by atoms with E-state index in [0.29, 0.717) is 33.8 Å². The van der Waals surface area contributed by atoms with Crippen LogP contribution in [0.4, 0.5) is 5.13 Å². The molecule has 2 aromatic rings. The van der Waals surface area contributed by atoms with Crippen molar-refractivity contribution in [3.63, 3.8) is 0 Å². The molecule has 1 unspecified atom stereocenters. The monoisotopic (exact) mass is 557 g/mol. The van der Waals surface area contributed by atoms with Crippen molar-refractivity contribution in [3.8, 4) is 0 Å². The van der Waals surface area contributed by atoms with Crippen LogP contribution in [0.15, 0.2) is 26.1 Å². The molecule has 4 N–H and O–H groups in total. The van der Waals surface area contributed by atoms with Crippen molar-refractivity contribution < 1.29 is 29.1 Å². The van der Waals surface area contributed by atoms with Crippen LogP contribution in [0.25, 0.3) is 0 Å². The second-order valence-corrected chi connectivity index (χ2v) is 11.0. The highest BCUT2D eigenvalue weighted by Gasteiger charge is 2.54. The molecule has 1 fully saturated rings. The quantitative estimate of drug-likeness (QED) is 0.160. The Morgan fingerprint density at radius 1 is 1.40 bits per heavy atom. The maximum atomic E-state index is 12.9. The fourth-order valence-electron chi connectivity index (χ4n) is 3.33. The fraction of sp³-hybridized carbons (Fsp3) is 0.389. The molecule has 2 atom stereocenters. The first-order valence-electron chi connectivity index (χ1n) is 9.81. The molecular formula is C18H19N7O6S4. The van der Waals surface area contributed by atoms with Gasteiger partial charge in [0.05, 0.1) is 0 Å². The molecular weight excluding hydrogens is 539 g/mol. The summed E-state index contributed by atoms with van der Waals surface area (Å²) < 4.78 is 9.86. The number of thioether (sulfide) groups is 2. The van der Waals surface area contributed by atoms with Crippen LogP contribution in [0.1, 0.15) is 11.5 Å². The first-order valence-corrected chi connectivity index (χ1v) is 13.5. The van der Waals surface area contributed by atoms with Gasteiger partial charge >= 0.3 is 5.97 Å². The minimum absolute atomic E-state index is 0.0727. The Kier molecular flexibility index (Phi) is 7.90. The van der Waals surface area contributed by atoms with E-state index in [1.165, 1.54) is 47.1 Å². The summed E-state index contributed by atoms with van der Waals surface area (Å²) in [6, 6.07) is -0.922. The Balaban J connectivity index is 1.46. The van der Waals surface area contributed by atoms with Gasteiger partial charge in [-0.15, -0.1) is 23.1 Å². The maximum Gasteiger partial charge on any atom is 0.352 e. The van der Waals surface area contributed by atoms with Gasteiger partial charge in [-0.3, -0.25) is 14.5 Å². The number of nitrogens with two attached hydrogens (primary N) is 1. The molecule has 186 valence electrons. The third kappa shape index (κ3) is 5.27. The molecule has 13 nitrogen and oxygen atoms in total. The Morgan fingerprint density at radius 2 is 2.20 bits per heavy atom. The van der Waals surface area contributed by atoms with Crippen molar-refractivity contribution in [2.24, 2.45) is 5.16 Å². The number of carbonyl (C=O) groups excluding carboxylic acids is 2. The van der Waals surface area contributed by atoms with E-state index >= 15 is 0 Å². The number of fused-ring (bicyclic) bond motifs is 1. The van der Waals surface area contributed by atoms with Crippen molar-refractivity contribution in [1.29, 1.82) is 0 Å². The van der Waals surface area contributed by atoms with Gasteiger partial charge in [0, 0.05) is 24.0 Å². The number of nitrogens with zero attached hydrogens (tertiary/aromatic N) is 5. The molecule has 35 heavy (non-hydrogen) atoms. The number of carboxylic acid groups (broad SMARTS) is 1. The van der Waals surface area contributed by atoms with Crippen molar-refractivity contribution in [2.75, 3.05) is 31.5 Å². The summed E-state index contributed by atoms with van der Waals surface area (Å²) >= 11 is 5.04. The number of carboxylic acids is 1. The number of β-lactam (4-membered cyclic amide) rings is 1. The predicted octanol–water partition coefficient (Wildman–Crippen LogP) is 0.605. The number of thiazole rings is 1. The number of aromatic nitrogens is 3. The minimum atomic E-state index is -1.21. The standard InChI is InChI=1S/C18H19N7O6S4/c1-30-3-9-21-18(35-24-9)34-5-7-4-32-15-11(14(27)25(15)12(7)16(28)29)22-13(26)10(23-31-2)8-6-33-17(19)20-8/h6,11,15H,3-5H2,1-2H3,(H2,19,20)(H,22,26)(H,28,29)/t11?,15-/m1/s1. The molecule has 0 radical (unpaired) electrons. The summed E-state index contributed by atoms with van der Waals surface area (Å²) in [6.45, 7) is 0.291. The van der Waals surface area contributed by atoms with Crippen LogP contribution < -0.4 is 11.1 Å². The van der Waals surface area contributed by atoms with Crippen LogP contribution in [-0.4, -0.2) is 85.0 Å². The van der Waals surface area contributed by atoms with E-state index in [1.54, 1.807) is 12.5 Å². The van der Waals surface area contributed by atoms with Crippen LogP contribution in [0.2, 0.25) is 0 Å². The summed E-state index contributed by atoms with van der Waals surface area (Å²) in [5.74, 6) is -1.15. The zero-order valence-electron chi connectivity index (χ0n) is 18.3. The van der Waals surface area contributed by atoms with Gasteiger partial charge in [-0.25, -0.2) is 14.8 Å². The third-order valence-electron chi connectivity index (χ3n) is 4.79. The van der Waals surface area contributed by atoms with Crippen LogP contribution in [-0.2, 0) is 30.6 Å².